The molecule has 0 aromatic heterocycles. The van der Waals surface area contributed by atoms with Gasteiger partial charge in [0, 0.05) is 11.8 Å². The lowest BCUT2D eigenvalue weighted by Gasteiger charge is -2.62. The lowest BCUT2D eigenvalue weighted by atomic mass is 9.43. The van der Waals surface area contributed by atoms with Gasteiger partial charge in [-0.1, -0.05) is 142 Å². The summed E-state index contributed by atoms with van der Waals surface area (Å²) in [6, 6.07) is 0. The molecule has 0 radical (unpaired) electrons. The molecule has 2 fully saturated rings. The van der Waals surface area contributed by atoms with Gasteiger partial charge in [0.1, 0.15) is 6.10 Å². The largest absolute Gasteiger partial charge is 0.462 e. The van der Waals surface area contributed by atoms with Gasteiger partial charge in [-0.05, 0) is 118 Å². The molecule has 0 unspecified atom stereocenters. The van der Waals surface area contributed by atoms with Crippen LogP contribution in [0, 0.1) is 39.4 Å². The van der Waals surface area contributed by atoms with Gasteiger partial charge in [0.2, 0.25) is 0 Å². The molecular formula is C45H78O2. The molecule has 2 nitrogen and oxygen atoms in total. The van der Waals surface area contributed by atoms with Crippen LogP contribution in [0.25, 0.3) is 0 Å². The van der Waals surface area contributed by atoms with E-state index in [2.05, 4.69) is 68.4 Å². The smallest absolute Gasteiger partial charge is 0.306 e. The number of hydrogen-bond donors (Lipinski definition) is 0. The highest BCUT2D eigenvalue weighted by molar-refractivity contribution is 5.69. The van der Waals surface area contributed by atoms with Crippen molar-refractivity contribution < 1.29 is 9.53 Å². The Balaban J connectivity index is 1.28. The first-order valence-corrected chi connectivity index (χ1v) is 20.9. The zero-order valence-electron chi connectivity index (χ0n) is 33.0. The molecule has 4 aliphatic rings. The van der Waals surface area contributed by atoms with Crippen LogP contribution in [0.3, 0.4) is 0 Å². The Labute approximate surface area is 293 Å². The van der Waals surface area contributed by atoms with E-state index in [1.165, 1.54) is 134 Å². The van der Waals surface area contributed by atoms with Crippen LogP contribution >= 0.6 is 0 Å². The topological polar surface area (TPSA) is 26.3 Å². The summed E-state index contributed by atoms with van der Waals surface area (Å²) in [6.07, 6.45) is 31.8. The first-order chi connectivity index (χ1) is 22.3. The van der Waals surface area contributed by atoms with Crippen LogP contribution in [0.5, 0.6) is 0 Å². The second-order valence-corrected chi connectivity index (χ2v) is 18.7. The van der Waals surface area contributed by atoms with Crippen molar-refractivity contribution >= 4 is 5.97 Å². The average Bonchev–Trinajstić information content (AvgIpc) is 3.30. The molecule has 0 spiro atoms. The fourth-order valence-corrected chi connectivity index (χ4v) is 12.0. The van der Waals surface area contributed by atoms with Crippen LogP contribution in [-0.4, -0.2) is 12.1 Å². The molecule has 0 saturated heterocycles. The van der Waals surface area contributed by atoms with Crippen molar-refractivity contribution in [1.82, 2.24) is 0 Å². The number of hydrogen-bond acceptors (Lipinski definition) is 2. The number of allylic oxidation sites excluding steroid dienone is 4. The highest BCUT2D eigenvalue weighted by Crippen LogP contribution is 2.72. The van der Waals surface area contributed by atoms with Gasteiger partial charge >= 0.3 is 5.97 Å². The molecule has 0 aromatic rings. The number of carbonyl (C=O) groups excluding carboxylic acids is 1. The van der Waals surface area contributed by atoms with Gasteiger partial charge in [0.15, 0.2) is 0 Å². The molecule has 0 bridgehead atoms. The fraction of sp³-hybridized carbons (Fsp3) is 0.889. The lowest BCUT2D eigenvalue weighted by molar-refractivity contribution is -0.170. The SMILES string of the molecule is CCCCCCCCCCCCCCC(=O)O[C@H]1CC[C@]2(C)C3=C(CC[C@H]2C1(C)C)[C@]1(C)CC[C@H]([C@H](C)CCC=C(C)C)[C@@]1(C)CC3. The van der Waals surface area contributed by atoms with Gasteiger partial charge < -0.3 is 4.74 Å². The molecule has 2 saturated carbocycles. The van der Waals surface area contributed by atoms with Crippen LogP contribution < -0.4 is 0 Å². The molecule has 47 heavy (non-hydrogen) atoms. The zero-order chi connectivity index (χ0) is 34.3. The van der Waals surface area contributed by atoms with Crippen LogP contribution in [0.15, 0.2) is 22.8 Å². The number of ether oxygens (including phenoxy) is 1. The lowest BCUT2D eigenvalue weighted by Crippen LogP contribution is -2.55. The maximum atomic E-state index is 13.1. The molecule has 0 N–H and O–H groups in total. The maximum absolute atomic E-state index is 13.1. The third kappa shape index (κ3) is 8.47. The van der Waals surface area contributed by atoms with Crippen molar-refractivity contribution in [3.63, 3.8) is 0 Å². The molecule has 7 atom stereocenters. The van der Waals surface area contributed by atoms with E-state index in [1.54, 1.807) is 0 Å². The van der Waals surface area contributed by atoms with E-state index in [9.17, 15) is 4.79 Å². The van der Waals surface area contributed by atoms with Crippen molar-refractivity contribution in [2.45, 2.75) is 216 Å². The number of unbranched alkanes of at least 4 members (excludes halogenated alkanes) is 11. The van der Waals surface area contributed by atoms with E-state index in [4.69, 9.17) is 4.74 Å². The van der Waals surface area contributed by atoms with Crippen molar-refractivity contribution in [3.05, 3.63) is 22.8 Å². The number of fused-ring (bicyclic) bond motifs is 4. The Morgan fingerprint density at radius 3 is 2.02 bits per heavy atom. The minimum atomic E-state index is 0.0248. The Morgan fingerprint density at radius 1 is 0.787 bits per heavy atom. The van der Waals surface area contributed by atoms with Crippen molar-refractivity contribution in [2.75, 3.05) is 0 Å². The molecular weight excluding hydrogens is 572 g/mol. The molecule has 0 heterocycles. The Kier molecular flexibility index (Phi) is 13.8. The summed E-state index contributed by atoms with van der Waals surface area (Å²) in [4.78, 5) is 13.1. The summed E-state index contributed by atoms with van der Waals surface area (Å²) < 4.78 is 6.37. The summed E-state index contributed by atoms with van der Waals surface area (Å²) in [5, 5.41) is 0. The number of carbonyl (C=O) groups is 1. The second-order valence-electron chi connectivity index (χ2n) is 18.7. The average molecular weight is 651 g/mol. The third-order valence-electron chi connectivity index (χ3n) is 15.1. The normalized spacial score (nSPS) is 33.5. The third-order valence-corrected chi connectivity index (χ3v) is 15.1. The van der Waals surface area contributed by atoms with E-state index < -0.39 is 0 Å². The van der Waals surface area contributed by atoms with Gasteiger partial charge in [0.25, 0.3) is 0 Å². The molecule has 0 amide bonds. The van der Waals surface area contributed by atoms with Gasteiger partial charge in [-0.2, -0.15) is 0 Å². The van der Waals surface area contributed by atoms with Crippen molar-refractivity contribution in [3.8, 4) is 0 Å². The first kappa shape index (κ1) is 38.7. The Hall–Kier alpha value is -1.05. The Bertz CT molecular complexity index is 1080. The molecule has 4 rings (SSSR count). The predicted octanol–water partition coefficient (Wildman–Crippen LogP) is 14.1. The molecule has 4 aliphatic carbocycles. The van der Waals surface area contributed by atoms with Crippen LogP contribution in [0.2, 0.25) is 0 Å². The van der Waals surface area contributed by atoms with Crippen molar-refractivity contribution in [1.29, 1.82) is 0 Å². The summed E-state index contributed by atoms with van der Waals surface area (Å²) in [6.45, 7) is 22.2. The Morgan fingerprint density at radius 2 is 1.40 bits per heavy atom. The van der Waals surface area contributed by atoms with E-state index in [0.717, 1.165) is 24.7 Å². The van der Waals surface area contributed by atoms with E-state index in [0.29, 0.717) is 23.2 Å². The highest BCUT2D eigenvalue weighted by atomic mass is 16.5. The van der Waals surface area contributed by atoms with Crippen molar-refractivity contribution in [2.24, 2.45) is 39.4 Å². The maximum Gasteiger partial charge on any atom is 0.306 e. The van der Waals surface area contributed by atoms with E-state index in [1.807, 2.05) is 11.1 Å². The van der Waals surface area contributed by atoms with Crippen LogP contribution in [-0.2, 0) is 9.53 Å². The number of esters is 1. The fourth-order valence-electron chi connectivity index (χ4n) is 12.0. The quantitative estimate of drug-likeness (QED) is 0.0838. The predicted molar refractivity (Wildman–Crippen MR) is 202 cm³/mol. The van der Waals surface area contributed by atoms with E-state index >= 15 is 0 Å². The summed E-state index contributed by atoms with van der Waals surface area (Å²) in [7, 11) is 0. The van der Waals surface area contributed by atoms with Gasteiger partial charge in [0.05, 0.1) is 0 Å². The number of rotatable bonds is 18. The van der Waals surface area contributed by atoms with Crippen LogP contribution in [0.4, 0.5) is 0 Å². The van der Waals surface area contributed by atoms with Crippen LogP contribution in [0.1, 0.15) is 210 Å². The summed E-state index contributed by atoms with van der Waals surface area (Å²) in [5.41, 5.74) is 6.25. The van der Waals surface area contributed by atoms with Gasteiger partial charge in [-0.15, -0.1) is 0 Å². The highest BCUT2D eigenvalue weighted by Gasteiger charge is 2.63. The molecule has 0 aliphatic heterocycles. The van der Waals surface area contributed by atoms with Gasteiger partial charge in [-0.25, -0.2) is 0 Å². The standard InChI is InChI=1S/C45H78O2/c1-10-11-12-13-14-15-16-17-18-19-20-21-25-41(46)47-40-30-31-43(7)37-29-33-44(8)36(35(4)24-22-23-34(2)3)28-32-45(44,9)38(37)26-27-39(43)42(40,5)6/h23,35-36,39-40H,10-22,24-33H2,1-9H3/t35-,36-,39+,40+,43-,44-,45+/m1/s1. The second kappa shape index (κ2) is 16.8. The molecule has 270 valence electrons. The first-order valence-electron chi connectivity index (χ1n) is 20.9. The summed E-state index contributed by atoms with van der Waals surface area (Å²) >= 11 is 0. The minimum absolute atomic E-state index is 0.0248. The summed E-state index contributed by atoms with van der Waals surface area (Å²) in [5.74, 6) is 2.30. The molecule has 0 aromatic carbocycles. The van der Waals surface area contributed by atoms with Gasteiger partial charge in [-0.3, -0.25) is 4.79 Å². The monoisotopic (exact) mass is 651 g/mol. The van der Waals surface area contributed by atoms with E-state index in [-0.39, 0.29) is 22.9 Å². The minimum Gasteiger partial charge on any atom is -0.462 e. The molecule has 2 heteroatoms. The zero-order valence-corrected chi connectivity index (χ0v) is 33.0.